The molecule has 1 aromatic rings. The predicted molar refractivity (Wildman–Crippen MR) is 79.0 cm³/mol. The van der Waals surface area contributed by atoms with Crippen LogP contribution in [0.15, 0.2) is 17.0 Å². The number of fused-ring (bicyclic) bond motifs is 2. The minimum absolute atomic E-state index is 0.0271. The normalized spacial score (nSPS) is 28.9. The number of hydrogen-bond acceptors (Lipinski definition) is 5. The molecule has 0 spiro atoms. The third-order valence-corrected chi connectivity index (χ3v) is 6.58. The molecule has 3 heterocycles. The average Bonchev–Trinajstić information content (AvgIpc) is 3.08. The first kappa shape index (κ1) is 12.9. The Morgan fingerprint density at radius 3 is 2.85 bits per heavy atom. The van der Waals surface area contributed by atoms with Gasteiger partial charge in [0.1, 0.15) is 5.75 Å². The zero-order valence-corrected chi connectivity index (χ0v) is 12.8. The van der Waals surface area contributed by atoms with Gasteiger partial charge >= 0.3 is 10.1 Å². The second-order valence-corrected chi connectivity index (χ2v) is 8.29. The van der Waals surface area contributed by atoms with Crippen LogP contribution in [0.3, 0.4) is 0 Å². The molecule has 0 bridgehead atoms. The molecule has 0 radical (unpaired) electrons. The van der Waals surface area contributed by atoms with E-state index in [9.17, 15) is 8.42 Å². The number of aryl methyl sites for hydroxylation is 1. The average molecular weight is 311 g/mol. The van der Waals surface area contributed by atoms with E-state index in [4.69, 9.17) is 4.18 Å². The Morgan fingerprint density at radius 2 is 2.05 bits per heavy atom. The smallest absolute Gasteiger partial charge is 0.311 e. The highest BCUT2D eigenvalue weighted by Crippen LogP contribution is 2.42. The standard InChI is InChI=1S/C14H17NO3S2/c16-20(17)9-12(15-6-1-2-7-15)10-3-4-13-11(5-8-19-13)14(10)18-20/h5,8,12H,1-4,6-7,9H2. The van der Waals surface area contributed by atoms with Crippen molar-refractivity contribution in [2.24, 2.45) is 0 Å². The molecule has 20 heavy (non-hydrogen) atoms. The summed E-state index contributed by atoms with van der Waals surface area (Å²) < 4.78 is 29.6. The van der Waals surface area contributed by atoms with Gasteiger partial charge in [-0.05, 0) is 55.8 Å². The monoisotopic (exact) mass is 311 g/mol. The fourth-order valence-corrected chi connectivity index (χ4v) is 5.72. The first-order valence-corrected chi connectivity index (χ1v) is 9.56. The fraction of sp³-hybridized carbons (Fsp3) is 0.571. The summed E-state index contributed by atoms with van der Waals surface area (Å²) in [5.74, 6) is 0.751. The van der Waals surface area contributed by atoms with Gasteiger partial charge in [0.25, 0.3) is 0 Å². The van der Waals surface area contributed by atoms with E-state index in [2.05, 4.69) is 4.90 Å². The molecular formula is C14H17NO3S2. The number of hydrogen-bond donors (Lipinski definition) is 0. The van der Waals surface area contributed by atoms with Crippen LogP contribution in [-0.4, -0.2) is 38.2 Å². The first-order chi connectivity index (χ1) is 9.64. The molecule has 3 aliphatic rings. The summed E-state index contributed by atoms with van der Waals surface area (Å²) in [7, 11) is -3.46. The van der Waals surface area contributed by atoms with Crippen LogP contribution < -0.4 is 0 Å². The molecule has 0 aromatic carbocycles. The lowest BCUT2D eigenvalue weighted by Gasteiger charge is -2.36. The quantitative estimate of drug-likeness (QED) is 0.746. The molecular weight excluding hydrogens is 294 g/mol. The SMILES string of the molecule is O=S1(=O)CC(N2CCCC2)C2=C(O1)c1ccsc1CC2. The highest BCUT2D eigenvalue weighted by atomic mass is 32.2. The Bertz CT molecular complexity index is 668. The van der Waals surface area contributed by atoms with Crippen molar-refractivity contribution in [2.75, 3.05) is 18.8 Å². The van der Waals surface area contributed by atoms with Crippen LogP contribution in [0, 0.1) is 0 Å². The number of nitrogens with zero attached hydrogens (tertiary/aromatic N) is 1. The van der Waals surface area contributed by atoms with Gasteiger partial charge in [-0.15, -0.1) is 11.3 Å². The molecule has 4 nitrogen and oxygen atoms in total. The van der Waals surface area contributed by atoms with Crippen molar-refractivity contribution >= 4 is 27.2 Å². The van der Waals surface area contributed by atoms with E-state index < -0.39 is 10.1 Å². The van der Waals surface area contributed by atoms with Crippen molar-refractivity contribution in [3.8, 4) is 0 Å². The summed E-state index contributed by atoms with van der Waals surface area (Å²) in [6, 6.07) is 2.02. The van der Waals surface area contributed by atoms with Gasteiger partial charge in [-0.1, -0.05) is 0 Å². The van der Waals surface area contributed by atoms with Crippen molar-refractivity contribution in [1.29, 1.82) is 0 Å². The zero-order valence-electron chi connectivity index (χ0n) is 11.2. The van der Waals surface area contributed by atoms with Crippen molar-refractivity contribution in [2.45, 2.75) is 31.7 Å². The van der Waals surface area contributed by atoms with Crippen LogP contribution in [0.4, 0.5) is 0 Å². The van der Waals surface area contributed by atoms with Gasteiger partial charge in [-0.3, -0.25) is 4.90 Å². The van der Waals surface area contributed by atoms with Crippen molar-refractivity contribution < 1.29 is 12.6 Å². The van der Waals surface area contributed by atoms with Gasteiger partial charge in [0.15, 0.2) is 5.76 Å². The summed E-state index contributed by atoms with van der Waals surface area (Å²) in [5.41, 5.74) is 2.20. The molecule has 108 valence electrons. The summed E-state index contributed by atoms with van der Waals surface area (Å²) in [6.45, 7) is 2.01. The molecule has 4 rings (SSSR count). The largest absolute Gasteiger partial charge is 0.382 e. The zero-order chi connectivity index (χ0) is 13.7. The topological polar surface area (TPSA) is 46.6 Å². The molecule has 1 fully saturated rings. The Balaban J connectivity index is 1.82. The molecule has 1 aliphatic carbocycles. The predicted octanol–water partition coefficient (Wildman–Crippen LogP) is 2.23. The number of likely N-dealkylation sites (tertiary alicyclic amines) is 1. The van der Waals surface area contributed by atoms with Gasteiger partial charge in [-0.2, -0.15) is 8.42 Å². The molecule has 0 saturated carbocycles. The molecule has 1 unspecified atom stereocenters. The van der Waals surface area contributed by atoms with E-state index in [0.717, 1.165) is 31.5 Å². The van der Waals surface area contributed by atoms with Crippen LogP contribution in [0.2, 0.25) is 0 Å². The summed E-state index contributed by atoms with van der Waals surface area (Å²) in [4.78, 5) is 3.58. The van der Waals surface area contributed by atoms with E-state index in [1.54, 1.807) is 11.3 Å². The summed E-state index contributed by atoms with van der Waals surface area (Å²) in [5, 5.41) is 2.02. The Labute approximate surface area is 123 Å². The lowest BCUT2D eigenvalue weighted by atomic mass is 9.91. The maximum atomic E-state index is 12.1. The van der Waals surface area contributed by atoms with Crippen molar-refractivity contribution in [3.05, 3.63) is 27.5 Å². The van der Waals surface area contributed by atoms with Crippen LogP contribution >= 0.6 is 11.3 Å². The van der Waals surface area contributed by atoms with E-state index in [1.165, 1.54) is 23.3 Å². The minimum Gasteiger partial charge on any atom is -0.382 e. The van der Waals surface area contributed by atoms with Crippen molar-refractivity contribution in [3.63, 3.8) is 0 Å². The molecule has 6 heteroatoms. The Morgan fingerprint density at radius 1 is 1.25 bits per heavy atom. The van der Waals surface area contributed by atoms with Gasteiger partial charge in [0.05, 0.1) is 6.04 Å². The van der Waals surface area contributed by atoms with Gasteiger partial charge < -0.3 is 4.18 Å². The Hall–Kier alpha value is -0.850. The second-order valence-electron chi connectivity index (χ2n) is 5.68. The fourth-order valence-electron chi connectivity index (χ4n) is 3.52. The van der Waals surface area contributed by atoms with Crippen LogP contribution in [0.25, 0.3) is 5.76 Å². The maximum Gasteiger partial charge on any atom is 0.311 e. The Kier molecular flexibility index (Phi) is 2.94. The van der Waals surface area contributed by atoms with Gasteiger partial charge in [0, 0.05) is 10.4 Å². The lowest BCUT2D eigenvalue weighted by Crippen LogP contribution is -2.44. The molecule has 2 aliphatic heterocycles. The number of thiophene rings is 1. The summed E-state index contributed by atoms with van der Waals surface area (Å²) in [6.07, 6.45) is 4.28. The van der Waals surface area contributed by atoms with Crippen LogP contribution in [0.5, 0.6) is 0 Å². The summed E-state index contributed by atoms with van der Waals surface area (Å²) >= 11 is 1.69. The molecule has 1 saturated heterocycles. The number of rotatable bonds is 1. The highest BCUT2D eigenvalue weighted by molar-refractivity contribution is 7.87. The third-order valence-electron chi connectivity index (χ3n) is 4.46. The lowest BCUT2D eigenvalue weighted by molar-refractivity contribution is 0.271. The van der Waals surface area contributed by atoms with Crippen LogP contribution in [0.1, 0.15) is 29.7 Å². The third kappa shape index (κ3) is 2.01. The van der Waals surface area contributed by atoms with E-state index in [-0.39, 0.29) is 11.8 Å². The van der Waals surface area contributed by atoms with Crippen molar-refractivity contribution in [1.82, 2.24) is 4.90 Å². The van der Waals surface area contributed by atoms with E-state index >= 15 is 0 Å². The van der Waals surface area contributed by atoms with Crippen LogP contribution in [-0.2, 0) is 20.7 Å². The second kappa shape index (κ2) is 4.58. The molecule has 0 amide bonds. The van der Waals surface area contributed by atoms with E-state index in [1.807, 2.05) is 11.4 Å². The molecule has 0 N–H and O–H groups in total. The minimum atomic E-state index is -3.46. The maximum absolute atomic E-state index is 12.1. The molecule has 1 atom stereocenters. The van der Waals surface area contributed by atoms with Gasteiger partial charge in [-0.25, -0.2) is 0 Å². The molecule has 1 aromatic heterocycles. The van der Waals surface area contributed by atoms with Gasteiger partial charge in [0.2, 0.25) is 0 Å². The highest BCUT2D eigenvalue weighted by Gasteiger charge is 2.40. The first-order valence-electron chi connectivity index (χ1n) is 7.10. The van der Waals surface area contributed by atoms with E-state index in [0.29, 0.717) is 5.76 Å².